The Hall–Kier alpha value is -1.59. The molecule has 0 bridgehead atoms. The van der Waals surface area contributed by atoms with E-state index in [1.165, 1.54) is 0 Å². The molecule has 0 radical (unpaired) electrons. The molecular formula is C13H15ClN2O3. The standard InChI is InChI=1S/C13H15ClN2O3/c1-7-8(11(5-15)16-12(17)4-14)2-3-9-10(7)6-19-13(9)18/h2-3,11H,4-6,15H2,1H3,(H,16,17). The molecule has 1 aromatic carbocycles. The molecular weight excluding hydrogens is 268 g/mol. The molecule has 1 amide bonds. The molecule has 0 saturated carbocycles. The second kappa shape index (κ2) is 5.59. The van der Waals surface area contributed by atoms with E-state index in [-0.39, 0.29) is 36.9 Å². The first kappa shape index (κ1) is 13.8. The largest absolute Gasteiger partial charge is 0.457 e. The lowest BCUT2D eigenvalue weighted by molar-refractivity contribution is -0.119. The fraction of sp³-hybridized carbons (Fsp3) is 0.385. The number of fused-ring (bicyclic) bond motifs is 1. The van der Waals surface area contributed by atoms with Gasteiger partial charge in [-0.15, -0.1) is 11.6 Å². The molecule has 1 heterocycles. The molecule has 0 saturated heterocycles. The number of alkyl halides is 1. The Morgan fingerprint density at radius 1 is 1.58 bits per heavy atom. The number of hydrogen-bond donors (Lipinski definition) is 2. The second-order valence-electron chi connectivity index (χ2n) is 4.37. The number of hydrogen-bond acceptors (Lipinski definition) is 4. The maximum atomic E-state index is 11.5. The number of carbonyl (C=O) groups excluding carboxylic acids is 2. The third kappa shape index (κ3) is 2.57. The van der Waals surface area contributed by atoms with Crippen molar-refractivity contribution >= 4 is 23.5 Å². The second-order valence-corrected chi connectivity index (χ2v) is 4.64. The lowest BCUT2D eigenvalue weighted by Gasteiger charge is -2.20. The molecule has 6 heteroatoms. The van der Waals surface area contributed by atoms with E-state index in [4.69, 9.17) is 22.1 Å². The molecule has 5 nitrogen and oxygen atoms in total. The van der Waals surface area contributed by atoms with Crippen molar-refractivity contribution in [3.63, 3.8) is 0 Å². The van der Waals surface area contributed by atoms with E-state index in [1.807, 2.05) is 6.92 Å². The Labute approximate surface area is 116 Å². The molecule has 0 aromatic heterocycles. The van der Waals surface area contributed by atoms with Crippen molar-refractivity contribution in [3.05, 3.63) is 34.4 Å². The fourth-order valence-electron chi connectivity index (χ4n) is 2.24. The zero-order valence-corrected chi connectivity index (χ0v) is 11.3. The number of ether oxygens (including phenoxy) is 1. The molecule has 1 aliphatic rings. The molecule has 0 aliphatic carbocycles. The van der Waals surface area contributed by atoms with Crippen LogP contribution in [0.5, 0.6) is 0 Å². The molecule has 1 aromatic rings. The highest BCUT2D eigenvalue weighted by molar-refractivity contribution is 6.27. The van der Waals surface area contributed by atoms with Gasteiger partial charge in [-0.2, -0.15) is 0 Å². The maximum Gasteiger partial charge on any atom is 0.338 e. The zero-order valence-electron chi connectivity index (χ0n) is 10.5. The summed E-state index contributed by atoms with van der Waals surface area (Å²) < 4.78 is 5.00. The van der Waals surface area contributed by atoms with Gasteiger partial charge in [0.2, 0.25) is 5.91 Å². The van der Waals surface area contributed by atoms with Gasteiger partial charge in [0.05, 0.1) is 11.6 Å². The van der Waals surface area contributed by atoms with E-state index >= 15 is 0 Å². The van der Waals surface area contributed by atoms with E-state index < -0.39 is 0 Å². The Balaban J connectivity index is 2.34. The third-order valence-electron chi connectivity index (χ3n) is 3.28. The van der Waals surface area contributed by atoms with Gasteiger partial charge in [0.15, 0.2) is 0 Å². The fourth-order valence-corrected chi connectivity index (χ4v) is 2.32. The smallest absolute Gasteiger partial charge is 0.338 e. The summed E-state index contributed by atoms with van der Waals surface area (Å²) in [6, 6.07) is 3.20. The Bertz CT molecular complexity index is 531. The van der Waals surface area contributed by atoms with Gasteiger partial charge in [-0.1, -0.05) is 6.07 Å². The highest BCUT2D eigenvalue weighted by Gasteiger charge is 2.26. The van der Waals surface area contributed by atoms with E-state index in [0.29, 0.717) is 5.56 Å². The normalized spacial score (nSPS) is 14.8. The first-order valence-electron chi connectivity index (χ1n) is 5.93. The summed E-state index contributed by atoms with van der Waals surface area (Å²) in [6.07, 6.45) is 0. The van der Waals surface area contributed by atoms with Crippen LogP contribution >= 0.6 is 11.6 Å². The van der Waals surface area contributed by atoms with Crippen LogP contribution in [0.25, 0.3) is 0 Å². The average Bonchev–Trinajstić information content (AvgIpc) is 2.79. The van der Waals surface area contributed by atoms with Crippen LogP contribution in [-0.2, 0) is 16.1 Å². The lowest BCUT2D eigenvalue weighted by Crippen LogP contribution is -2.34. The van der Waals surface area contributed by atoms with Crippen LogP contribution in [0.2, 0.25) is 0 Å². The summed E-state index contributed by atoms with van der Waals surface area (Å²) in [7, 11) is 0. The molecule has 102 valence electrons. The van der Waals surface area contributed by atoms with Gasteiger partial charge in [-0.25, -0.2) is 4.79 Å². The molecule has 1 aliphatic heterocycles. The number of nitrogens with one attached hydrogen (secondary N) is 1. The van der Waals surface area contributed by atoms with Crippen LogP contribution in [0.1, 0.15) is 33.1 Å². The average molecular weight is 283 g/mol. The van der Waals surface area contributed by atoms with Crippen LogP contribution in [0.4, 0.5) is 0 Å². The first-order valence-corrected chi connectivity index (χ1v) is 6.46. The van der Waals surface area contributed by atoms with Crippen molar-refractivity contribution < 1.29 is 14.3 Å². The molecule has 2 rings (SSSR count). The zero-order chi connectivity index (χ0) is 14.0. The summed E-state index contributed by atoms with van der Waals surface area (Å²) in [4.78, 5) is 22.8. The number of halogens is 1. The number of nitrogens with two attached hydrogens (primary N) is 1. The van der Waals surface area contributed by atoms with Crippen LogP contribution in [0.3, 0.4) is 0 Å². The first-order chi connectivity index (χ1) is 9.08. The minimum Gasteiger partial charge on any atom is -0.457 e. The molecule has 1 unspecified atom stereocenters. The quantitative estimate of drug-likeness (QED) is 0.638. The predicted octanol–water partition coefficient (Wildman–Crippen LogP) is 1.02. The van der Waals surface area contributed by atoms with Crippen LogP contribution in [0.15, 0.2) is 12.1 Å². The molecule has 3 N–H and O–H groups in total. The summed E-state index contributed by atoms with van der Waals surface area (Å²) >= 11 is 5.48. The van der Waals surface area contributed by atoms with Gasteiger partial charge in [0, 0.05) is 12.1 Å². The number of benzene rings is 1. The number of carbonyl (C=O) groups is 2. The minimum absolute atomic E-state index is 0.109. The van der Waals surface area contributed by atoms with Crippen molar-refractivity contribution in [1.82, 2.24) is 5.32 Å². The van der Waals surface area contributed by atoms with Crippen molar-refractivity contribution in [2.24, 2.45) is 5.73 Å². The summed E-state index contributed by atoms with van der Waals surface area (Å²) in [5.74, 6) is -0.690. The van der Waals surface area contributed by atoms with Gasteiger partial charge in [-0.05, 0) is 24.1 Å². The van der Waals surface area contributed by atoms with Crippen molar-refractivity contribution in [3.8, 4) is 0 Å². The lowest BCUT2D eigenvalue weighted by atomic mass is 9.94. The molecule has 0 spiro atoms. The number of cyclic esters (lactones) is 1. The van der Waals surface area contributed by atoms with Gasteiger partial charge < -0.3 is 15.8 Å². The Morgan fingerprint density at radius 3 is 2.95 bits per heavy atom. The van der Waals surface area contributed by atoms with Gasteiger partial charge in [0.25, 0.3) is 0 Å². The van der Waals surface area contributed by atoms with Crippen molar-refractivity contribution in [1.29, 1.82) is 0 Å². The van der Waals surface area contributed by atoms with Gasteiger partial charge in [-0.3, -0.25) is 4.79 Å². The minimum atomic E-state index is -0.313. The summed E-state index contributed by atoms with van der Waals surface area (Å²) in [5.41, 5.74) is 8.95. The Morgan fingerprint density at radius 2 is 2.32 bits per heavy atom. The number of amides is 1. The van der Waals surface area contributed by atoms with E-state index in [0.717, 1.165) is 16.7 Å². The van der Waals surface area contributed by atoms with Gasteiger partial charge in [0.1, 0.15) is 12.5 Å². The molecule has 1 atom stereocenters. The molecule has 19 heavy (non-hydrogen) atoms. The van der Waals surface area contributed by atoms with E-state index in [9.17, 15) is 9.59 Å². The monoisotopic (exact) mass is 282 g/mol. The number of esters is 1. The summed E-state index contributed by atoms with van der Waals surface area (Å²) in [5, 5.41) is 2.75. The van der Waals surface area contributed by atoms with Crippen molar-refractivity contribution in [2.75, 3.05) is 12.4 Å². The van der Waals surface area contributed by atoms with E-state index in [1.54, 1.807) is 12.1 Å². The highest BCUT2D eigenvalue weighted by atomic mass is 35.5. The topological polar surface area (TPSA) is 81.4 Å². The maximum absolute atomic E-state index is 11.5. The van der Waals surface area contributed by atoms with Crippen LogP contribution < -0.4 is 11.1 Å². The Kier molecular flexibility index (Phi) is 4.07. The summed E-state index contributed by atoms with van der Waals surface area (Å²) in [6.45, 7) is 2.43. The highest BCUT2D eigenvalue weighted by Crippen LogP contribution is 2.28. The van der Waals surface area contributed by atoms with Crippen LogP contribution in [0, 0.1) is 6.92 Å². The predicted molar refractivity (Wildman–Crippen MR) is 71.0 cm³/mol. The van der Waals surface area contributed by atoms with Crippen molar-refractivity contribution in [2.45, 2.75) is 19.6 Å². The number of rotatable bonds is 4. The van der Waals surface area contributed by atoms with Crippen LogP contribution in [-0.4, -0.2) is 24.3 Å². The van der Waals surface area contributed by atoms with Gasteiger partial charge >= 0.3 is 5.97 Å². The molecule has 0 fully saturated rings. The SMILES string of the molecule is Cc1c(C(CN)NC(=O)CCl)ccc2c1COC2=O. The third-order valence-corrected chi connectivity index (χ3v) is 3.52. The van der Waals surface area contributed by atoms with E-state index in [2.05, 4.69) is 5.32 Å².